The lowest BCUT2D eigenvalue weighted by Gasteiger charge is -2.14. The number of thioether (sulfide) groups is 1. The van der Waals surface area contributed by atoms with E-state index in [1.807, 2.05) is 0 Å². The van der Waals surface area contributed by atoms with Gasteiger partial charge in [0.05, 0.1) is 25.7 Å². The summed E-state index contributed by atoms with van der Waals surface area (Å²) in [5, 5.41) is 0.420. The van der Waals surface area contributed by atoms with Crippen LogP contribution in [-0.2, 0) is 11.3 Å². The van der Waals surface area contributed by atoms with Crippen LogP contribution in [0.1, 0.15) is 11.1 Å². The fourth-order valence-electron chi connectivity index (χ4n) is 2.57. The maximum atomic E-state index is 12.8. The van der Waals surface area contributed by atoms with Crippen molar-refractivity contribution in [3.05, 3.63) is 62.5 Å². The van der Waals surface area contributed by atoms with E-state index in [1.165, 1.54) is 7.11 Å². The van der Waals surface area contributed by atoms with Gasteiger partial charge in [-0.15, -0.1) is 0 Å². The van der Waals surface area contributed by atoms with E-state index in [0.717, 1.165) is 16.7 Å². The number of amides is 2. The molecule has 0 atom stereocenters. The normalized spacial score (nSPS) is 15.6. The fourth-order valence-corrected chi connectivity index (χ4v) is 3.92. The van der Waals surface area contributed by atoms with Gasteiger partial charge in [-0.2, -0.15) is 0 Å². The van der Waals surface area contributed by atoms with Gasteiger partial charge in [0.25, 0.3) is 11.1 Å². The number of rotatable bonds is 5. The summed E-state index contributed by atoms with van der Waals surface area (Å²) in [5.41, 5.74) is 1.17. The summed E-state index contributed by atoms with van der Waals surface area (Å²) in [6.45, 7) is 0.00968. The van der Waals surface area contributed by atoms with Crippen LogP contribution >= 0.6 is 35.0 Å². The lowest BCUT2D eigenvalue weighted by molar-refractivity contribution is -0.123. The molecule has 1 fully saturated rings. The van der Waals surface area contributed by atoms with E-state index in [-0.39, 0.29) is 16.7 Å². The zero-order valence-electron chi connectivity index (χ0n) is 14.5. The van der Waals surface area contributed by atoms with E-state index >= 15 is 0 Å². The van der Waals surface area contributed by atoms with E-state index in [9.17, 15) is 9.59 Å². The molecule has 5 nitrogen and oxygen atoms in total. The predicted octanol–water partition coefficient (Wildman–Crippen LogP) is 5.25. The van der Waals surface area contributed by atoms with Gasteiger partial charge in [-0.1, -0.05) is 29.3 Å². The first-order valence-corrected chi connectivity index (χ1v) is 9.42. The summed E-state index contributed by atoms with van der Waals surface area (Å²) in [6.07, 6.45) is 1.61. The van der Waals surface area contributed by atoms with Crippen molar-refractivity contribution in [1.82, 2.24) is 4.90 Å². The van der Waals surface area contributed by atoms with E-state index in [4.69, 9.17) is 32.7 Å². The molecule has 0 aliphatic carbocycles. The molecule has 1 saturated heterocycles. The third-order valence-electron chi connectivity index (χ3n) is 3.97. The molecular weight excluding hydrogens is 409 g/mol. The number of imide groups is 1. The fraction of sp³-hybridized carbons (Fsp3) is 0.158. The topological polar surface area (TPSA) is 55.8 Å². The van der Waals surface area contributed by atoms with Gasteiger partial charge >= 0.3 is 0 Å². The molecule has 0 saturated carbocycles. The summed E-state index contributed by atoms with van der Waals surface area (Å²) < 4.78 is 10.5. The number of halogens is 2. The predicted molar refractivity (Wildman–Crippen MR) is 108 cm³/mol. The van der Waals surface area contributed by atoms with Crippen LogP contribution in [0.25, 0.3) is 6.08 Å². The van der Waals surface area contributed by atoms with Crippen molar-refractivity contribution < 1.29 is 19.1 Å². The van der Waals surface area contributed by atoms with Crippen LogP contribution in [-0.4, -0.2) is 30.3 Å². The van der Waals surface area contributed by atoms with Crippen molar-refractivity contribution in [2.45, 2.75) is 6.54 Å². The van der Waals surface area contributed by atoms with Crippen molar-refractivity contribution in [1.29, 1.82) is 0 Å². The lowest BCUT2D eigenvalue weighted by atomic mass is 10.1. The average molecular weight is 424 g/mol. The second kappa shape index (κ2) is 8.25. The summed E-state index contributed by atoms with van der Waals surface area (Å²) in [5.74, 6) is 0.770. The van der Waals surface area contributed by atoms with Crippen molar-refractivity contribution in [3.63, 3.8) is 0 Å². The molecule has 3 rings (SSSR count). The minimum absolute atomic E-state index is 0.00968. The monoisotopic (exact) mass is 423 g/mol. The molecule has 1 aliphatic heterocycles. The summed E-state index contributed by atoms with van der Waals surface area (Å²) in [4.78, 5) is 26.5. The number of hydrogen-bond donors (Lipinski definition) is 0. The first-order valence-electron chi connectivity index (χ1n) is 7.85. The molecule has 0 bridgehead atoms. The highest BCUT2D eigenvalue weighted by molar-refractivity contribution is 8.18. The Morgan fingerprint density at radius 2 is 1.78 bits per heavy atom. The second-order valence-electron chi connectivity index (χ2n) is 5.58. The van der Waals surface area contributed by atoms with Crippen LogP contribution in [0.5, 0.6) is 11.5 Å². The zero-order chi connectivity index (χ0) is 19.6. The van der Waals surface area contributed by atoms with Crippen LogP contribution in [0, 0.1) is 0 Å². The van der Waals surface area contributed by atoms with Crippen molar-refractivity contribution in [3.8, 4) is 11.5 Å². The van der Waals surface area contributed by atoms with Crippen LogP contribution in [0.2, 0.25) is 10.0 Å². The minimum Gasteiger partial charge on any atom is -0.497 e. The maximum Gasteiger partial charge on any atom is 0.293 e. The Morgan fingerprint density at radius 1 is 1.07 bits per heavy atom. The average Bonchev–Trinajstić information content (AvgIpc) is 2.91. The van der Waals surface area contributed by atoms with Gasteiger partial charge in [0, 0.05) is 21.2 Å². The number of carbonyl (C=O) groups is 2. The zero-order valence-corrected chi connectivity index (χ0v) is 16.8. The SMILES string of the molecule is COc1ccc(OC)c(/C=C2\SC(=O)N(Cc3c(Cl)cccc3Cl)C2=O)c1. The van der Waals surface area contributed by atoms with Gasteiger partial charge in [0.15, 0.2) is 0 Å². The van der Waals surface area contributed by atoms with Crippen LogP contribution in [0.3, 0.4) is 0 Å². The Labute approximate surface area is 170 Å². The third-order valence-corrected chi connectivity index (χ3v) is 5.59. The van der Waals surface area contributed by atoms with E-state index in [1.54, 1.807) is 49.6 Å². The molecule has 0 aromatic heterocycles. The standard InChI is InChI=1S/C19H15Cl2NO4S/c1-25-12-6-7-16(26-2)11(8-12)9-17-18(23)22(19(24)27-17)10-13-14(20)4-3-5-15(13)21/h3-9H,10H2,1-2H3/b17-9-. The Kier molecular flexibility index (Phi) is 5.99. The largest absolute Gasteiger partial charge is 0.497 e. The lowest BCUT2D eigenvalue weighted by Crippen LogP contribution is -2.27. The van der Waals surface area contributed by atoms with Gasteiger partial charge in [0.2, 0.25) is 0 Å². The van der Waals surface area contributed by atoms with Gasteiger partial charge in [-0.25, -0.2) is 0 Å². The smallest absolute Gasteiger partial charge is 0.293 e. The molecule has 140 valence electrons. The third kappa shape index (κ3) is 4.08. The number of nitrogens with zero attached hydrogens (tertiary/aromatic N) is 1. The van der Waals surface area contributed by atoms with Crippen LogP contribution < -0.4 is 9.47 Å². The summed E-state index contributed by atoms with van der Waals surface area (Å²) in [7, 11) is 3.08. The van der Waals surface area contributed by atoms with Crippen LogP contribution in [0.4, 0.5) is 4.79 Å². The maximum absolute atomic E-state index is 12.8. The summed E-state index contributed by atoms with van der Waals surface area (Å²) >= 11 is 13.2. The molecule has 0 N–H and O–H groups in total. The van der Waals surface area contributed by atoms with Gasteiger partial charge < -0.3 is 9.47 Å². The minimum atomic E-state index is -0.411. The molecule has 0 radical (unpaired) electrons. The molecule has 0 unspecified atom stereocenters. The van der Waals surface area contributed by atoms with E-state index < -0.39 is 5.91 Å². The van der Waals surface area contributed by atoms with E-state index in [0.29, 0.717) is 32.7 Å². The number of benzene rings is 2. The van der Waals surface area contributed by atoms with Crippen molar-refractivity contribution in [2.24, 2.45) is 0 Å². The van der Waals surface area contributed by atoms with Gasteiger partial charge in [-0.05, 0) is 48.2 Å². The van der Waals surface area contributed by atoms with E-state index in [2.05, 4.69) is 0 Å². The second-order valence-corrected chi connectivity index (χ2v) is 7.38. The number of hydrogen-bond acceptors (Lipinski definition) is 5. The van der Waals surface area contributed by atoms with Crippen LogP contribution in [0.15, 0.2) is 41.3 Å². The molecular formula is C19H15Cl2NO4S. The first kappa shape index (κ1) is 19.6. The molecule has 2 aromatic carbocycles. The van der Waals surface area contributed by atoms with Gasteiger partial charge in [-0.3, -0.25) is 14.5 Å². The Hall–Kier alpha value is -2.15. The van der Waals surface area contributed by atoms with Gasteiger partial charge in [0.1, 0.15) is 11.5 Å². The van der Waals surface area contributed by atoms with Crippen molar-refractivity contribution >= 4 is 52.2 Å². The molecule has 2 aromatic rings. The van der Waals surface area contributed by atoms with Crippen molar-refractivity contribution in [2.75, 3.05) is 14.2 Å². The highest BCUT2D eigenvalue weighted by Gasteiger charge is 2.36. The Balaban J connectivity index is 1.91. The number of ether oxygens (including phenoxy) is 2. The highest BCUT2D eigenvalue weighted by atomic mass is 35.5. The number of methoxy groups -OCH3 is 2. The highest BCUT2D eigenvalue weighted by Crippen LogP contribution is 2.37. The Bertz CT molecular complexity index is 925. The first-order chi connectivity index (χ1) is 12.9. The molecule has 2 amide bonds. The quantitative estimate of drug-likeness (QED) is 0.614. The Morgan fingerprint density at radius 3 is 2.41 bits per heavy atom. The molecule has 1 heterocycles. The summed E-state index contributed by atoms with van der Waals surface area (Å²) in [6, 6.07) is 10.3. The molecule has 8 heteroatoms. The molecule has 0 spiro atoms. The molecule has 27 heavy (non-hydrogen) atoms. The number of carbonyl (C=O) groups excluding carboxylic acids is 2. The molecule has 1 aliphatic rings.